The predicted molar refractivity (Wildman–Crippen MR) is 68.9 cm³/mol. The van der Waals surface area contributed by atoms with Gasteiger partial charge in [-0.05, 0) is 12.3 Å². The van der Waals surface area contributed by atoms with Crippen LogP contribution in [0, 0.1) is 10.1 Å². The van der Waals surface area contributed by atoms with Crippen LogP contribution in [0.4, 0.5) is 5.69 Å². The van der Waals surface area contributed by atoms with E-state index >= 15 is 0 Å². The van der Waals surface area contributed by atoms with Crippen molar-refractivity contribution in [3.8, 4) is 0 Å². The molecule has 6 heteroatoms. The van der Waals surface area contributed by atoms with Crippen molar-refractivity contribution in [3.05, 3.63) is 38.5 Å². The summed E-state index contributed by atoms with van der Waals surface area (Å²) in [6.07, 6.45) is 3.34. The molecule has 0 spiro atoms. The normalized spacial score (nSPS) is 10.7. The number of hydrogen-bond acceptors (Lipinski definition) is 3. The second-order valence-corrected chi connectivity index (χ2v) is 4.38. The Balaban J connectivity index is 3.30. The molecule has 0 amide bonds. The topological polar surface area (TPSA) is 46.4 Å². The SMILES string of the molecule is [B]c1cc(Br)cc([N+](=O)[O-])c1/C=C/N(C)C. The molecule has 0 aliphatic heterocycles. The van der Waals surface area contributed by atoms with E-state index in [4.69, 9.17) is 7.85 Å². The lowest BCUT2D eigenvalue weighted by Crippen LogP contribution is -2.11. The molecule has 0 heterocycles. The molecule has 0 fully saturated rings. The Hall–Kier alpha value is -1.30. The Labute approximate surface area is 104 Å². The Morgan fingerprint density at radius 1 is 1.50 bits per heavy atom. The van der Waals surface area contributed by atoms with Gasteiger partial charge in [-0.25, -0.2) is 0 Å². The van der Waals surface area contributed by atoms with Crippen LogP contribution >= 0.6 is 15.9 Å². The second kappa shape index (κ2) is 5.16. The highest BCUT2D eigenvalue weighted by Crippen LogP contribution is 2.22. The third-order valence-electron chi connectivity index (χ3n) is 1.89. The molecule has 16 heavy (non-hydrogen) atoms. The van der Waals surface area contributed by atoms with E-state index in [1.807, 2.05) is 14.1 Å². The molecule has 0 atom stereocenters. The Morgan fingerprint density at radius 3 is 2.62 bits per heavy atom. The van der Waals surface area contributed by atoms with Crippen LogP contribution in [0.3, 0.4) is 0 Å². The first-order valence-electron chi connectivity index (χ1n) is 4.50. The van der Waals surface area contributed by atoms with Crippen LogP contribution in [0.15, 0.2) is 22.8 Å². The van der Waals surface area contributed by atoms with E-state index in [2.05, 4.69) is 15.9 Å². The predicted octanol–water partition coefficient (Wildman–Crippen LogP) is 1.68. The van der Waals surface area contributed by atoms with Crippen LogP contribution in [0.5, 0.6) is 0 Å². The first kappa shape index (κ1) is 12.8. The van der Waals surface area contributed by atoms with Gasteiger partial charge in [0.05, 0.1) is 4.92 Å². The van der Waals surface area contributed by atoms with Gasteiger partial charge in [0.2, 0.25) is 0 Å². The number of nitrogens with zero attached hydrogens (tertiary/aromatic N) is 2. The van der Waals surface area contributed by atoms with Gasteiger partial charge in [0.25, 0.3) is 5.69 Å². The van der Waals surface area contributed by atoms with E-state index in [1.54, 1.807) is 23.2 Å². The zero-order chi connectivity index (χ0) is 12.3. The number of benzene rings is 1. The van der Waals surface area contributed by atoms with Gasteiger partial charge in [-0.15, -0.1) is 0 Å². The molecular weight excluding hydrogens is 271 g/mol. The molecule has 0 unspecified atom stereocenters. The minimum atomic E-state index is -0.448. The number of nitro benzene ring substituents is 1. The molecule has 0 saturated carbocycles. The van der Waals surface area contributed by atoms with Crippen molar-refractivity contribution < 1.29 is 4.92 Å². The summed E-state index contributed by atoms with van der Waals surface area (Å²) in [4.78, 5) is 12.2. The third kappa shape index (κ3) is 3.10. The molecule has 2 radical (unpaired) electrons. The van der Waals surface area contributed by atoms with Crippen LogP contribution < -0.4 is 5.46 Å². The molecule has 0 aromatic heterocycles. The highest BCUT2D eigenvalue weighted by Gasteiger charge is 2.14. The van der Waals surface area contributed by atoms with E-state index in [9.17, 15) is 10.1 Å². The summed E-state index contributed by atoms with van der Waals surface area (Å²) in [6, 6.07) is 3.08. The van der Waals surface area contributed by atoms with Crippen LogP contribution in [0.2, 0.25) is 0 Å². The third-order valence-corrected chi connectivity index (χ3v) is 2.35. The lowest BCUT2D eigenvalue weighted by Gasteiger charge is -2.06. The largest absolute Gasteiger partial charge is 0.383 e. The molecular formula is C10H10BBrN2O2. The summed E-state index contributed by atoms with van der Waals surface area (Å²) in [7, 11) is 9.40. The number of halogens is 1. The van der Waals surface area contributed by atoms with Gasteiger partial charge in [-0.1, -0.05) is 27.5 Å². The maximum atomic E-state index is 10.9. The van der Waals surface area contributed by atoms with Gasteiger partial charge >= 0.3 is 0 Å². The van der Waals surface area contributed by atoms with E-state index < -0.39 is 4.92 Å². The van der Waals surface area contributed by atoms with Gasteiger partial charge in [0, 0.05) is 30.2 Å². The minimum Gasteiger partial charge on any atom is -0.383 e. The zero-order valence-corrected chi connectivity index (χ0v) is 10.6. The van der Waals surface area contributed by atoms with Crippen LogP contribution in [-0.2, 0) is 0 Å². The summed E-state index contributed by atoms with van der Waals surface area (Å²) in [5.74, 6) is 0. The van der Waals surface area contributed by atoms with Crippen molar-refractivity contribution in [2.75, 3.05) is 14.1 Å². The highest BCUT2D eigenvalue weighted by atomic mass is 79.9. The molecule has 0 aliphatic rings. The second-order valence-electron chi connectivity index (χ2n) is 3.46. The summed E-state index contributed by atoms with van der Waals surface area (Å²) in [5, 5.41) is 10.9. The van der Waals surface area contributed by atoms with Crippen molar-refractivity contribution in [2.24, 2.45) is 0 Å². The summed E-state index contributed by atoms with van der Waals surface area (Å²) < 4.78 is 0.596. The summed E-state index contributed by atoms with van der Waals surface area (Å²) in [5.41, 5.74) is 0.783. The number of nitro groups is 1. The Kier molecular flexibility index (Phi) is 4.12. The maximum Gasteiger partial charge on any atom is 0.277 e. The van der Waals surface area contributed by atoms with Gasteiger partial charge in [0.1, 0.15) is 7.85 Å². The van der Waals surface area contributed by atoms with Crippen molar-refractivity contribution in [1.29, 1.82) is 0 Å². The van der Waals surface area contributed by atoms with Crippen molar-refractivity contribution in [1.82, 2.24) is 4.90 Å². The molecule has 1 aromatic rings. The van der Waals surface area contributed by atoms with E-state index in [-0.39, 0.29) is 5.69 Å². The standard InChI is InChI=1S/C10H10BBrN2O2/c1-13(2)4-3-8-9(11)5-7(12)6-10(8)14(15)16/h3-6H,1-2H3/b4-3+. The first-order chi connectivity index (χ1) is 7.41. The minimum absolute atomic E-state index is 0.00928. The lowest BCUT2D eigenvalue weighted by molar-refractivity contribution is -0.385. The molecule has 0 saturated heterocycles. The van der Waals surface area contributed by atoms with E-state index in [0.717, 1.165) is 0 Å². The Bertz CT molecular complexity index is 447. The fraction of sp³-hybridized carbons (Fsp3) is 0.200. The fourth-order valence-electron chi connectivity index (χ4n) is 1.18. The maximum absolute atomic E-state index is 10.9. The van der Waals surface area contributed by atoms with Gasteiger partial charge < -0.3 is 4.90 Å². The lowest BCUT2D eigenvalue weighted by atomic mass is 9.89. The number of rotatable bonds is 3. The van der Waals surface area contributed by atoms with Crippen LogP contribution in [0.25, 0.3) is 6.08 Å². The first-order valence-corrected chi connectivity index (χ1v) is 5.29. The van der Waals surface area contributed by atoms with E-state index in [0.29, 0.717) is 15.5 Å². The average molecular weight is 281 g/mol. The molecule has 0 N–H and O–H groups in total. The molecule has 4 nitrogen and oxygen atoms in total. The van der Waals surface area contributed by atoms with E-state index in [1.165, 1.54) is 6.07 Å². The molecule has 82 valence electrons. The van der Waals surface area contributed by atoms with Gasteiger partial charge in [-0.2, -0.15) is 0 Å². The van der Waals surface area contributed by atoms with Crippen LogP contribution in [0.1, 0.15) is 5.56 Å². The van der Waals surface area contributed by atoms with Crippen molar-refractivity contribution in [3.63, 3.8) is 0 Å². The Morgan fingerprint density at radius 2 is 2.12 bits per heavy atom. The fourth-order valence-corrected chi connectivity index (χ4v) is 1.64. The number of hydrogen-bond donors (Lipinski definition) is 0. The average Bonchev–Trinajstić information content (AvgIpc) is 2.14. The highest BCUT2D eigenvalue weighted by molar-refractivity contribution is 9.10. The molecule has 0 aliphatic carbocycles. The molecule has 0 bridgehead atoms. The van der Waals surface area contributed by atoms with Gasteiger partial charge in [-0.3, -0.25) is 10.1 Å². The monoisotopic (exact) mass is 280 g/mol. The molecule has 1 aromatic carbocycles. The zero-order valence-electron chi connectivity index (χ0n) is 8.98. The van der Waals surface area contributed by atoms with Crippen molar-refractivity contribution >= 4 is 41.0 Å². The molecule has 1 rings (SSSR count). The summed E-state index contributed by atoms with van der Waals surface area (Å²) in [6.45, 7) is 0. The quantitative estimate of drug-likeness (QED) is 0.481. The smallest absolute Gasteiger partial charge is 0.277 e. The van der Waals surface area contributed by atoms with Crippen molar-refractivity contribution in [2.45, 2.75) is 0 Å². The van der Waals surface area contributed by atoms with Gasteiger partial charge in [0.15, 0.2) is 0 Å². The van der Waals surface area contributed by atoms with Crippen LogP contribution in [-0.4, -0.2) is 31.8 Å². The summed E-state index contributed by atoms with van der Waals surface area (Å²) >= 11 is 3.18.